The molecular formula is C19H20ClNO3S. The number of fused-ring (bicyclic) bond motifs is 1. The quantitative estimate of drug-likeness (QED) is 0.737. The monoisotopic (exact) mass is 377 g/mol. The van der Waals surface area contributed by atoms with E-state index in [2.05, 4.69) is 5.32 Å². The zero-order valence-corrected chi connectivity index (χ0v) is 15.7. The van der Waals surface area contributed by atoms with Gasteiger partial charge >= 0.3 is 0 Å². The van der Waals surface area contributed by atoms with Crippen LogP contribution in [0.4, 0.5) is 5.69 Å². The van der Waals surface area contributed by atoms with Gasteiger partial charge in [-0.15, -0.1) is 11.8 Å². The molecule has 0 saturated carbocycles. The van der Waals surface area contributed by atoms with E-state index in [0.29, 0.717) is 17.4 Å². The molecule has 0 atom stereocenters. The Morgan fingerprint density at radius 3 is 2.92 bits per heavy atom. The summed E-state index contributed by atoms with van der Waals surface area (Å²) in [5.41, 5.74) is 2.82. The van der Waals surface area contributed by atoms with Crippen LogP contribution >= 0.6 is 23.4 Å². The Bertz CT molecular complexity index is 779. The second kappa shape index (κ2) is 8.13. The third-order valence-electron chi connectivity index (χ3n) is 3.80. The fourth-order valence-corrected chi connectivity index (χ4v) is 3.73. The van der Waals surface area contributed by atoms with Gasteiger partial charge in [0.25, 0.3) is 0 Å². The normalized spacial score (nSPS) is 13.3. The predicted octanol–water partition coefficient (Wildman–Crippen LogP) is 5.09. The van der Waals surface area contributed by atoms with E-state index in [1.54, 1.807) is 11.8 Å². The van der Waals surface area contributed by atoms with Gasteiger partial charge in [-0.05, 0) is 24.3 Å². The summed E-state index contributed by atoms with van der Waals surface area (Å²) in [6, 6.07) is 11.6. The number of para-hydroxylation sites is 1. The van der Waals surface area contributed by atoms with Crippen molar-refractivity contribution in [2.75, 3.05) is 12.1 Å². The molecule has 1 aliphatic heterocycles. The Morgan fingerprint density at radius 2 is 2.12 bits per heavy atom. The van der Waals surface area contributed by atoms with Gasteiger partial charge in [0.1, 0.15) is 5.75 Å². The summed E-state index contributed by atoms with van der Waals surface area (Å²) >= 11 is 7.86. The molecule has 0 fully saturated rings. The minimum atomic E-state index is -0.0635. The van der Waals surface area contributed by atoms with E-state index in [4.69, 9.17) is 21.1 Å². The fraction of sp³-hybridized carbons (Fsp3) is 0.316. The summed E-state index contributed by atoms with van der Waals surface area (Å²) in [6.45, 7) is 4.52. The maximum absolute atomic E-state index is 12.0. The zero-order valence-electron chi connectivity index (χ0n) is 14.2. The number of carbonyl (C=O) groups is 1. The zero-order chi connectivity index (χ0) is 17.8. The molecule has 3 rings (SSSR count). The second-order valence-corrected chi connectivity index (χ2v) is 7.55. The van der Waals surface area contributed by atoms with Gasteiger partial charge in [0.15, 0.2) is 6.79 Å². The molecule has 0 aromatic heterocycles. The van der Waals surface area contributed by atoms with Gasteiger partial charge in [-0.25, -0.2) is 0 Å². The number of thioether (sulfide) groups is 1. The van der Waals surface area contributed by atoms with Crippen LogP contribution < -0.4 is 10.1 Å². The Kier molecular flexibility index (Phi) is 5.89. The number of hydrogen-bond acceptors (Lipinski definition) is 4. The summed E-state index contributed by atoms with van der Waals surface area (Å²) in [5, 5.41) is 3.65. The van der Waals surface area contributed by atoms with Crippen LogP contribution in [0.5, 0.6) is 5.75 Å². The lowest BCUT2D eigenvalue weighted by Crippen LogP contribution is -2.18. The third-order valence-corrected chi connectivity index (χ3v) is 5.14. The molecule has 0 radical (unpaired) electrons. The van der Waals surface area contributed by atoms with Crippen molar-refractivity contribution in [1.29, 1.82) is 0 Å². The van der Waals surface area contributed by atoms with Crippen LogP contribution in [0, 0.1) is 5.92 Å². The molecule has 2 aromatic carbocycles. The molecule has 1 heterocycles. The van der Waals surface area contributed by atoms with Crippen molar-refractivity contribution in [2.45, 2.75) is 31.1 Å². The summed E-state index contributed by atoms with van der Waals surface area (Å²) in [7, 11) is 0. The largest absolute Gasteiger partial charge is 0.467 e. The summed E-state index contributed by atoms with van der Waals surface area (Å²) in [4.78, 5) is 13.0. The smallest absolute Gasteiger partial charge is 0.226 e. The van der Waals surface area contributed by atoms with Crippen molar-refractivity contribution in [2.24, 2.45) is 5.92 Å². The van der Waals surface area contributed by atoms with Gasteiger partial charge in [-0.1, -0.05) is 37.6 Å². The van der Waals surface area contributed by atoms with Crippen LogP contribution in [-0.2, 0) is 21.9 Å². The van der Waals surface area contributed by atoms with Crippen molar-refractivity contribution in [3.05, 3.63) is 52.5 Å². The first kappa shape index (κ1) is 18.1. The van der Waals surface area contributed by atoms with Gasteiger partial charge in [0.05, 0.1) is 12.3 Å². The van der Waals surface area contributed by atoms with Gasteiger partial charge in [0.2, 0.25) is 5.91 Å². The number of hydrogen-bond donors (Lipinski definition) is 1. The van der Waals surface area contributed by atoms with Crippen LogP contribution in [0.3, 0.4) is 0 Å². The fourth-order valence-electron chi connectivity index (χ4n) is 2.49. The van der Waals surface area contributed by atoms with Crippen LogP contribution in [0.25, 0.3) is 0 Å². The standard InChI is InChI=1S/C19H20ClNO3S/c1-12(2)19(22)21-16-5-3-4-6-17(16)25-10-14-8-15(20)7-13-9-23-11-24-18(13)14/h3-8,12H,9-11H2,1-2H3,(H,21,22). The average molecular weight is 378 g/mol. The van der Waals surface area contributed by atoms with E-state index in [0.717, 1.165) is 27.5 Å². The first-order chi connectivity index (χ1) is 12.0. The van der Waals surface area contributed by atoms with Crippen LogP contribution in [-0.4, -0.2) is 12.7 Å². The number of ether oxygens (including phenoxy) is 2. The molecule has 0 unspecified atom stereocenters. The molecule has 6 heteroatoms. The highest BCUT2D eigenvalue weighted by atomic mass is 35.5. The van der Waals surface area contributed by atoms with E-state index in [1.165, 1.54) is 0 Å². The number of halogens is 1. The topological polar surface area (TPSA) is 47.6 Å². The number of rotatable bonds is 5. The summed E-state index contributed by atoms with van der Waals surface area (Å²) < 4.78 is 11.0. The van der Waals surface area contributed by atoms with Gasteiger partial charge in [0, 0.05) is 32.7 Å². The van der Waals surface area contributed by atoms with E-state index in [-0.39, 0.29) is 18.6 Å². The van der Waals surface area contributed by atoms with E-state index < -0.39 is 0 Å². The molecule has 0 spiro atoms. The highest BCUT2D eigenvalue weighted by Gasteiger charge is 2.17. The number of benzene rings is 2. The van der Waals surface area contributed by atoms with Crippen LogP contribution in [0.2, 0.25) is 5.02 Å². The predicted molar refractivity (Wildman–Crippen MR) is 101 cm³/mol. The van der Waals surface area contributed by atoms with Crippen LogP contribution in [0.1, 0.15) is 25.0 Å². The van der Waals surface area contributed by atoms with Crippen molar-refractivity contribution >= 4 is 35.0 Å². The molecule has 1 aliphatic rings. The maximum atomic E-state index is 12.0. The number of nitrogens with one attached hydrogen (secondary N) is 1. The van der Waals surface area contributed by atoms with Crippen molar-refractivity contribution < 1.29 is 14.3 Å². The number of carbonyl (C=O) groups excluding carboxylic acids is 1. The highest BCUT2D eigenvalue weighted by molar-refractivity contribution is 7.98. The SMILES string of the molecule is CC(C)C(=O)Nc1ccccc1SCc1cc(Cl)cc2c1OCOC2. The Balaban J connectivity index is 1.79. The number of anilines is 1. The molecule has 1 N–H and O–H groups in total. The van der Waals surface area contributed by atoms with Gasteiger partial charge in [-0.3, -0.25) is 4.79 Å². The van der Waals surface area contributed by atoms with E-state index >= 15 is 0 Å². The third kappa shape index (κ3) is 4.48. The van der Waals surface area contributed by atoms with Crippen molar-refractivity contribution in [3.8, 4) is 5.75 Å². The molecule has 0 bridgehead atoms. The minimum absolute atomic E-state index is 0.00802. The lowest BCUT2D eigenvalue weighted by molar-refractivity contribution is -0.118. The molecule has 1 amide bonds. The van der Waals surface area contributed by atoms with Crippen molar-refractivity contribution in [3.63, 3.8) is 0 Å². The first-order valence-corrected chi connectivity index (χ1v) is 9.45. The minimum Gasteiger partial charge on any atom is -0.467 e. The molecule has 0 aliphatic carbocycles. The average Bonchev–Trinajstić information content (AvgIpc) is 2.60. The summed E-state index contributed by atoms with van der Waals surface area (Å²) in [5.74, 6) is 1.49. The highest BCUT2D eigenvalue weighted by Crippen LogP contribution is 2.37. The number of amides is 1. The Hall–Kier alpha value is -1.69. The first-order valence-electron chi connectivity index (χ1n) is 8.09. The maximum Gasteiger partial charge on any atom is 0.226 e. The lowest BCUT2D eigenvalue weighted by Gasteiger charge is -2.21. The molecule has 132 valence electrons. The van der Waals surface area contributed by atoms with Gasteiger partial charge < -0.3 is 14.8 Å². The Morgan fingerprint density at radius 1 is 1.32 bits per heavy atom. The van der Waals surface area contributed by atoms with Gasteiger partial charge in [-0.2, -0.15) is 0 Å². The summed E-state index contributed by atoms with van der Waals surface area (Å²) in [6.07, 6.45) is 0. The molecule has 2 aromatic rings. The van der Waals surface area contributed by atoms with Crippen molar-refractivity contribution in [1.82, 2.24) is 0 Å². The second-order valence-electron chi connectivity index (χ2n) is 6.09. The molecule has 25 heavy (non-hydrogen) atoms. The molecular weight excluding hydrogens is 358 g/mol. The molecule has 0 saturated heterocycles. The molecule has 4 nitrogen and oxygen atoms in total. The van der Waals surface area contributed by atoms with Crippen LogP contribution in [0.15, 0.2) is 41.3 Å². The lowest BCUT2D eigenvalue weighted by atomic mass is 10.1. The van der Waals surface area contributed by atoms with E-state index in [1.807, 2.05) is 50.2 Å². The van der Waals surface area contributed by atoms with E-state index in [9.17, 15) is 4.79 Å². The Labute approximate surface area is 156 Å².